The summed E-state index contributed by atoms with van der Waals surface area (Å²) in [5, 5.41) is 1.94. The molecule has 0 saturated carbocycles. The maximum atomic E-state index is 12.3. The van der Waals surface area contributed by atoms with E-state index in [9.17, 15) is 9.59 Å². The van der Waals surface area contributed by atoms with Gasteiger partial charge in [0.15, 0.2) is 0 Å². The van der Waals surface area contributed by atoms with E-state index in [2.05, 4.69) is 9.97 Å². The zero-order valence-corrected chi connectivity index (χ0v) is 10.7. The predicted molar refractivity (Wildman–Crippen MR) is 73.7 cm³/mol. The Balaban J connectivity index is 2.40. The first-order valence-electron chi connectivity index (χ1n) is 6.28. The summed E-state index contributed by atoms with van der Waals surface area (Å²) in [6.07, 6.45) is 0. The summed E-state index contributed by atoms with van der Waals surface area (Å²) < 4.78 is 5.06. The summed E-state index contributed by atoms with van der Waals surface area (Å²) in [5.41, 5.74) is 2.12. The van der Waals surface area contributed by atoms with Crippen molar-refractivity contribution in [2.45, 2.75) is 13.5 Å². The molecule has 0 aliphatic carbocycles. The lowest BCUT2D eigenvalue weighted by molar-refractivity contribution is 0.0534. The first-order chi connectivity index (χ1) is 9.66. The molecular weight excluding hydrogens is 256 g/mol. The number of hydrogen-bond donors (Lipinski definition) is 1. The van der Waals surface area contributed by atoms with Crippen LogP contribution in [-0.4, -0.2) is 15.9 Å². The van der Waals surface area contributed by atoms with E-state index in [1.54, 1.807) is 6.92 Å². The number of aromatic amines is 1. The summed E-state index contributed by atoms with van der Waals surface area (Å²) >= 11 is 0. The van der Waals surface area contributed by atoms with Crippen molar-refractivity contribution in [3.05, 3.63) is 51.6 Å². The Morgan fingerprint density at radius 3 is 2.85 bits per heavy atom. The number of carbonyl (C=O) groups is 1. The Hall–Kier alpha value is -2.69. The molecule has 5 nitrogen and oxygen atoms in total. The highest BCUT2D eigenvalue weighted by Crippen LogP contribution is 2.31. The van der Waals surface area contributed by atoms with Crippen LogP contribution in [0.4, 0.5) is 0 Å². The van der Waals surface area contributed by atoms with E-state index in [-0.39, 0.29) is 12.2 Å². The summed E-state index contributed by atoms with van der Waals surface area (Å²) in [6, 6.07) is 7.43. The lowest BCUT2D eigenvalue weighted by Gasteiger charge is -2.08. The van der Waals surface area contributed by atoms with Gasteiger partial charge in [0.2, 0.25) is 0 Å². The van der Waals surface area contributed by atoms with Gasteiger partial charge in [-0.3, -0.25) is 9.78 Å². The van der Waals surface area contributed by atoms with Crippen LogP contribution in [0.5, 0.6) is 0 Å². The molecule has 0 fully saturated rings. The van der Waals surface area contributed by atoms with E-state index >= 15 is 0 Å². The number of esters is 1. The van der Waals surface area contributed by atoms with Gasteiger partial charge in [-0.15, -0.1) is 0 Å². The molecule has 1 aromatic carbocycles. The fourth-order valence-corrected chi connectivity index (χ4v) is 2.84. The predicted octanol–water partition coefficient (Wildman–Crippen LogP) is 2.06. The normalized spacial score (nSPS) is 13.8. The summed E-state index contributed by atoms with van der Waals surface area (Å²) in [7, 11) is 0. The second-order valence-corrected chi connectivity index (χ2v) is 4.84. The van der Waals surface area contributed by atoms with Gasteiger partial charge >= 0.3 is 5.97 Å². The van der Waals surface area contributed by atoms with Gasteiger partial charge in [0, 0.05) is 16.3 Å². The summed E-state index contributed by atoms with van der Waals surface area (Å²) in [5.74, 6) is -0.409. The molecular formula is C15H10N2O3. The highest BCUT2D eigenvalue weighted by Gasteiger charge is 2.28. The number of aryl methyl sites for hydroxylation is 1. The number of carbonyl (C=O) groups excluding carboxylic acids is 1. The molecule has 2 aromatic heterocycles. The average molecular weight is 266 g/mol. The number of fused-ring (bicyclic) bond motifs is 5. The van der Waals surface area contributed by atoms with Gasteiger partial charge in [0.1, 0.15) is 6.61 Å². The minimum atomic E-state index is -0.409. The number of H-pyrrole nitrogens is 1. The molecule has 1 aliphatic rings. The number of pyridine rings is 2. The maximum Gasteiger partial charge on any atom is 0.341 e. The van der Waals surface area contributed by atoms with Crippen LogP contribution in [0.1, 0.15) is 21.7 Å². The summed E-state index contributed by atoms with van der Waals surface area (Å²) in [4.78, 5) is 31.4. The molecule has 0 unspecified atom stereocenters. The van der Waals surface area contributed by atoms with Gasteiger partial charge in [0.05, 0.1) is 22.3 Å². The fourth-order valence-electron chi connectivity index (χ4n) is 2.84. The van der Waals surface area contributed by atoms with Crippen molar-refractivity contribution in [1.82, 2.24) is 9.97 Å². The summed E-state index contributed by atoms with van der Waals surface area (Å²) in [6.45, 7) is 1.95. The Bertz CT molecular complexity index is 957. The number of benzene rings is 1. The quantitative estimate of drug-likeness (QED) is 0.499. The van der Waals surface area contributed by atoms with Crippen LogP contribution in [0.15, 0.2) is 29.1 Å². The Kier molecular flexibility index (Phi) is 2.04. The number of cyclic esters (lactones) is 1. The average Bonchev–Trinajstić information content (AvgIpc) is 2.79. The van der Waals surface area contributed by atoms with Crippen LogP contribution < -0.4 is 5.56 Å². The Labute approximate surface area is 113 Å². The van der Waals surface area contributed by atoms with E-state index in [0.717, 1.165) is 5.39 Å². The number of aromatic nitrogens is 2. The second-order valence-electron chi connectivity index (χ2n) is 4.84. The van der Waals surface area contributed by atoms with E-state index in [0.29, 0.717) is 33.2 Å². The number of nitrogens with zero attached hydrogens (tertiary/aromatic N) is 1. The molecule has 4 rings (SSSR count). The highest BCUT2D eigenvalue weighted by atomic mass is 16.5. The monoisotopic (exact) mass is 266 g/mol. The van der Waals surface area contributed by atoms with Gasteiger partial charge in [-0.2, -0.15) is 0 Å². The van der Waals surface area contributed by atoms with Gasteiger partial charge in [0.25, 0.3) is 5.56 Å². The molecule has 0 saturated heterocycles. The Morgan fingerprint density at radius 2 is 2.00 bits per heavy atom. The molecule has 20 heavy (non-hydrogen) atoms. The van der Waals surface area contributed by atoms with Gasteiger partial charge in [-0.1, -0.05) is 18.2 Å². The third-order valence-electron chi connectivity index (χ3n) is 3.67. The largest absolute Gasteiger partial charge is 0.455 e. The molecule has 5 heteroatoms. The fraction of sp³-hybridized carbons (Fsp3) is 0.133. The molecule has 1 aliphatic heterocycles. The SMILES string of the molecule is Cc1nc2c(c3c1c(=O)[nH]c1ccccc13)C(=O)OC2. The van der Waals surface area contributed by atoms with Crippen molar-refractivity contribution >= 4 is 27.6 Å². The first kappa shape index (κ1) is 11.2. The van der Waals surface area contributed by atoms with E-state index in [4.69, 9.17) is 4.74 Å². The second kappa shape index (κ2) is 3.66. The van der Waals surface area contributed by atoms with Crippen molar-refractivity contribution in [3.8, 4) is 0 Å². The van der Waals surface area contributed by atoms with Crippen LogP contribution in [0, 0.1) is 6.92 Å². The van der Waals surface area contributed by atoms with Crippen LogP contribution in [0.25, 0.3) is 21.7 Å². The van der Waals surface area contributed by atoms with Crippen molar-refractivity contribution in [2.24, 2.45) is 0 Å². The molecule has 1 N–H and O–H groups in total. The van der Waals surface area contributed by atoms with Gasteiger partial charge < -0.3 is 9.72 Å². The molecule has 3 aromatic rings. The third-order valence-corrected chi connectivity index (χ3v) is 3.67. The number of rotatable bonds is 0. The lowest BCUT2D eigenvalue weighted by Crippen LogP contribution is -2.12. The number of ether oxygens (including phenoxy) is 1. The van der Waals surface area contributed by atoms with Crippen molar-refractivity contribution in [1.29, 1.82) is 0 Å². The zero-order valence-electron chi connectivity index (χ0n) is 10.7. The zero-order chi connectivity index (χ0) is 13.9. The highest BCUT2D eigenvalue weighted by molar-refractivity contribution is 6.17. The number of hydrogen-bond acceptors (Lipinski definition) is 4. The minimum absolute atomic E-state index is 0.173. The molecule has 0 radical (unpaired) electrons. The van der Waals surface area contributed by atoms with Crippen molar-refractivity contribution in [2.75, 3.05) is 0 Å². The Morgan fingerprint density at radius 1 is 1.20 bits per heavy atom. The van der Waals surface area contributed by atoms with Crippen molar-refractivity contribution < 1.29 is 9.53 Å². The first-order valence-corrected chi connectivity index (χ1v) is 6.28. The number of nitrogens with one attached hydrogen (secondary N) is 1. The topological polar surface area (TPSA) is 72.0 Å². The minimum Gasteiger partial charge on any atom is -0.455 e. The van der Waals surface area contributed by atoms with Gasteiger partial charge in [-0.05, 0) is 13.0 Å². The molecule has 3 heterocycles. The molecule has 0 bridgehead atoms. The van der Waals surface area contributed by atoms with Gasteiger partial charge in [-0.25, -0.2) is 4.79 Å². The van der Waals surface area contributed by atoms with Crippen LogP contribution in [-0.2, 0) is 11.3 Å². The number of para-hydroxylation sites is 1. The molecule has 98 valence electrons. The molecule has 0 spiro atoms. The lowest BCUT2D eigenvalue weighted by atomic mass is 10.00. The smallest absolute Gasteiger partial charge is 0.341 e. The standard InChI is InChI=1S/C15H10N2O3/c1-7-11-12(13-10(16-7)6-20-15(13)19)8-4-2-3-5-9(8)17-14(11)18/h2-5H,6H2,1H3,(H,17,18). The van der Waals surface area contributed by atoms with Crippen molar-refractivity contribution in [3.63, 3.8) is 0 Å². The third kappa shape index (κ3) is 1.29. The van der Waals surface area contributed by atoms with E-state index in [1.165, 1.54) is 0 Å². The van der Waals surface area contributed by atoms with Crippen LogP contribution in [0.3, 0.4) is 0 Å². The van der Waals surface area contributed by atoms with E-state index in [1.807, 2.05) is 24.3 Å². The molecule has 0 atom stereocenters. The van der Waals surface area contributed by atoms with Crippen LogP contribution >= 0.6 is 0 Å². The molecule has 0 amide bonds. The van der Waals surface area contributed by atoms with Crippen LogP contribution in [0.2, 0.25) is 0 Å². The van der Waals surface area contributed by atoms with E-state index < -0.39 is 5.97 Å². The maximum absolute atomic E-state index is 12.3.